The van der Waals surface area contributed by atoms with Crippen molar-refractivity contribution >= 4 is 35.0 Å². The highest BCUT2D eigenvalue weighted by molar-refractivity contribution is 8.00. The largest absolute Gasteiger partial charge is 0.336 e. The number of aromatic nitrogens is 3. The first kappa shape index (κ1) is 18.5. The minimum atomic E-state index is -0.487. The number of rotatable bonds is 6. The second kappa shape index (κ2) is 8.29. The first-order chi connectivity index (χ1) is 11.4. The van der Waals surface area contributed by atoms with Gasteiger partial charge in [-0.15, -0.1) is 21.5 Å². The van der Waals surface area contributed by atoms with Crippen LogP contribution in [0.1, 0.15) is 27.7 Å². The van der Waals surface area contributed by atoms with Crippen LogP contribution >= 0.6 is 23.1 Å². The molecule has 24 heavy (non-hydrogen) atoms. The number of hydrogen-bond acceptors (Lipinski definition) is 6. The fourth-order valence-corrected chi connectivity index (χ4v) is 3.60. The van der Waals surface area contributed by atoms with Gasteiger partial charge in [0.25, 0.3) is 0 Å². The van der Waals surface area contributed by atoms with Crippen molar-refractivity contribution in [3.05, 3.63) is 17.5 Å². The smallest absolute Gasteiger partial charge is 0.321 e. The normalized spacial score (nSPS) is 12.2. The molecule has 2 N–H and O–H groups in total. The summed E-state index contributed by atoms with van der Waals surface area (Å²) in [4.78, 5) is 24.8. The number of hydrogen-bond donors (Lipinski definition) is 2. The van der Waals surface area contributed by atoms with Crippen LogP contribution < -0.4 is 10.6 Å². The molecule has 0 spiro atoms. The SMILES string of the molecule is CCn1c(S[C@@H](C)C(=O)NC(=O)NC(C)C)nnc1-c1cccs1. The number of thioether (sulfide) groups is 1. The Morgan fingerprint density at radius 1 is 1.33 bits per heavy atom. The second-order valence-corrected chi connectivity index (χ2v) is 7.66. The van der Waals surface area contributed by atoms with Gasteiger partial charge >= 0.3 is 6.03 Å². The zero-order valence-electron chi connectivity index (χ0n) is 14.1. The third kappa shape index (κ3) is 4.57. The van der Waals surface area contributed by atoms with Gasteiger partial charge in [0.15, 0.2) is 11.0 Å². The molecule has 2 aromatic heterocycles. The molecule has 0 fully saturated rings. The molecular weight excluding hydrogens is 346 g/mol. The molecule has 0 aliphatic carbocycles. The van der Waals surface area contributed by atoms with E-state index in [2.05, 4.69) is 20.8 Å². The Hall–Kier alpha value is -1.87. The van der Waals surface area contributed by atoms with Crippen molar-refractivity contribution in [2.24, 2.45) is 0 Å². The summed E-state index contributed by atoms with van der Waals surface area (Å²) in [6.45, 7) is 8.11. The predicted octanol–water partition coefficient (Wildman–Crippen LogP) is 2.74. The minimum Gasteiger partial charge on any atom is -0.336 e. The third-order valence-corrected chi connectivity index (χ3v) is 5.03. The molecule has 7 nitrogen and oxygen atoms in total. The molecule has 2 rings (SSSR count). The molecule has 2 aromatic rings. The summed E-state index contributed by atoms with van der Waals surface area (Å²) >= 11 is 2.88. The molecule has 1 atom stereocenters. The summed E-state index contributed by atoms with van der Waals surface area (Å²) in [5.74, 6) is 0.432. The highest BCUT2D eigenvalue weighted by Crippen LogP contribution is 2.28. The van der Waals surface area contributed by atoms with Crippen molar-refractivity contribution in [3.63, 3.8) is 0 Å². The van der Waals surface area contributed by atoms with E-state index in [0.29, 0.717) is 11.7 Å². The Kier molecular flexibility index (Phi) is 6.38. The number of imide groups is 1. The average molecular weight is 368 g/mol. The minimum absolute atomic E-state index is 0.0303. The van der Waals surface area contributed by atoms with E-state index in [1.54, 1.807) is 18.3 Å². The standard InChI is InChI=1S/C15H21N5O2S2/c1-5-20-12(11-7-6-8-23-11)18-19-15(20)24-10(4)13(21)17-14(22)16-9(2)3/h6-10H,5H2,1-4H3,(H2,16,17,21,22)/t10-/m0/s1. The molecule has 3 amide bonds. The highest BCUT2D eigenvalue weighted by atomic mass is 32.2. The van der Waals surface area contributed by atoms with Gasteiger partial charge in [0, 0.05) is 12.6 Å². The third-order valence-electron chi connectivity index (χ3n) is 3.08. The number of urea groups is 1. The van der Waals surface area contributed by atoms with Crippen molar-refractivity contribution in [2.75, 3.05) is 0 Å². The van der Waals surface area contributed by atoms with Crippen molar-refractivity contribution in [3.8, 4) is 10.7 Å². The Morgan fingerprint density at radius 3 is 2.67 bits per heavy atom. The van der Waals surface area contributed by atoms with E-state index in [1.165, 1.54) is 11.8 Å². The van der Waals surface area contributed by atoms with E-state index < -0.39 is 11.3 Å². The zero-order valence-corrected chi connectivity index (χ0v) is 15.7. The summed E-state index contributed by atoms with van der Waals surface area (Å²) in [5.41, 5.74) is 0. The van der Waals surface area contributed by atoms with Gasteiger partial charge in [-0.2, -0.15) is 0 Å². The molecule has 2 heterocycles. The Bertz CT molecular complexity index is 697. The van der Waals surface area contributed by atoms with Gasteiger partial charge in [-0.1, -0.05) is 17.8 Å². The maximum Gasteiger partial charge on any atom is 0.321 e. The summed E-state index contributed by atoms with van der Waals surface area (Å²) in [6.07, 6.45) is 0. The van der Waals surface area contributed by atoms with E-state index in [1.807, 2.05) is 42.9 Å². The van der Waals surface area contributed by atoms with Crippen molar-refractivity contribution in [1.82, 2.24) is 25.4 Å². The van der Waals surface area contributed by atoms with Gasteiger partial charge < -0.3 is 9.88 Å². The molecule has 0 saturated heterocycles. The highest BCUT2D eigenvalue weighted by Gasteiger charge is 2.22. The van der Waals surface area contributed by atoms with Crippen molar-refractivity contribution in [2.45, 2.75) is 50.7 Å². The lowest BCUT2D eigenvalue weighted by molar-refractivity contribution is -0.119. The summed E-state index contributed by atoms with van der Waals surface area (Å²) in [6, 6.07) is 3.43. The Morgan fingerprint density at radius 2 is 2.08 bits per heavy atom. The zero-order chi connectivity index (χ0) is 17.7. The summed E-state index contributed by atoms with van der Waals surface area (Å²) in [7, 11) is 0. The van der Waals surface area contributed by atoms with E-state index >= 15 is 0 Å². The molecule has 0 saturated carbocycles. The number of amides is 3. The van der Waals surface area contributed by atoms with Crippen LogP contribution in [0.25, 0.3) is 10.7 Å². The quantitative estimate of drug-likeness (QED) is 0.767. The van der Waals surface area contributed by atoms with Gasteiger partial charge in [0.1, 0.15) is 0 Å². The molecule has 0 aliphatic heterocycles. The lowest BCUT2D eigenvalue weighted by Crippen LogP contribution is -2.45. The van der Waals surface area contributed by atoms with Crippen LogP contribution in [0.2, 0.25) is 0 Å². The summed E-state index contributed by atoms with van der Waals surface area (Å²) in [5, 5.41) is 15.6. The predicted molar refractivity (Wildman–Crippen MR) is 96.1 cm³/mol. The van der Waals surface area contributed by atoms with Crippen LogP contribution in [0.3, 0.4) is 0 Å². The van der Waals surface area contributed by atoms with Crippen LogP contribution in [0.15, 0.2) is 22.7 Å². The van der Waals surface area contributed by atoms with E-state index in [4.69, 9.17) is 0 Å². The van der Waals surface area contributed by atoms with E-state index in [-0.39, 0.29) is 11.9 Å². The van der Waals surface area contributed by atoms with Gasteiger partial charge in [0.05, 0.1) is 10.1 Å². The van der Waals surface area contributed by atoms with Crippen LogP contribution in [0, 0.1) is 0 Å². The van der Waals surface area contributed by atoms with E-state index in [0.717, 1.165) is 10.7 Å². The molecule has 0 radical (unpaired) electrons. The first-order valence-electron chi connectivity index (χ1n) is 7.67. The maximum absolute atomic E-state index is 12.1. The molecule has 0 aromatic carbocycles. The first-order valence-corrected chi connectivity index (χ1v) is 9.43. The lowest BCUT2D eigenvalue weighted by Gasteiger charge is -2.13. The van der Waals surface area contributed by atoms with Gasteiger partial charge in [-0.05, 0) is 39.1 Å². The summed E-state index contributed by atoms with van der Waals surface area (Å²) < 4.78 is 1.97. The number of nitrogens with zero attached hydrogens (tertiary/aromatic N) is 3. The number of nitrogens with one attached hydrogen (secondary N) is 2. The van der Waals surface area contributed by atoms with Crippen LogP contribution in [-0.4, -0.2) is 38.0 Å². The number of carbonyl (C=O) groups excluding carboxylic acids is 2. The van der Waals surface area contributed by atoms with Gasteiger partial charge in [-0.25, -0.2) is 4.79 Å². The lowest BCUT2D eigenvalue weighted by atomic mass is 10.4. The number of thiophene rings is 1. The van der Waals surface area contributed by atoms with Gasteiger partial charge in [-0.3, -0.25) is 10.1 Å². The van der Waals surface area contributed by atoms with E-state index in [9.17, 15) is 9.59 Å². The number of carbonyl (C=O) groups is 2. The fourth-order valence-electron chi connectivity index (χ4n) is 1.97. The topological polar surface area (TPSA) is 88.9 Å². The van der Waals surface area contributed by atoms with Crippen LogP contribution in [0.4, 0.5) is 4.79 Å². The van der Waals surface area contributed by atoms with Crippen molar-refractivity contribution in [1.29, 1.82) is 0 Å². The molecular formula is C15H21N5O2S2. The molecule has 0 aliphatic rings. The second-order valence-electron chi connectivity index (χ2n) is 5.41. The van der Waals surface area contributed by atoms with Crippen LogP contribution in [0.5, 0.6) is 0 Å². The van der Waals surface area contributed by atoms with Crippen molar-refractivity contribution < 1.29 is 9.59 Å². The van der Waals surface area contributed by atoms with Gasteiger partial charge in [0.2, 0.25) is 5.91 Å². The molecule has 9 heteroatoms. The maximum atomic E-state index is 12.1. The molecule has 130 valence electrons. The Labute approximate surface area is 149 Å². The fraction of sp³-hybridized carbons (Fsp3) is 0.467. The van der Waals surface area contributed by atoms with Crippen LogP contribution in [-0.2, 0) is 11.3 Å². The Balaban J connectivity index is 2.05. The monoisotopic (exact) mass is 367 g/mol. The molecule has 0 unspecified atom stereocenters. The molecule has 0 bridgehead atoms. The average Bonchev–Trinajstić information content (AvgIpc) is 3.14.